The third kappa shape index (κ3) is 5.80. The minimum atomic E-state index is -4.40. The quantitative estimate of drug-likeness (QED) is 0.764. The molecule has 2 N–H and O–H groups in total. The zero-order chi connectivity index (χ0) is 16.8. The summed E-state index contributed by atoms with van der Waals surface area (Å²) in [6.45, 7) is -0.974. The first-order valence-electron chi connectivity index (χ1n) is 6.61. The first-order chi connectivity index (χ1) is 10.3. The van der Waals surface area contributed by atoms with Gasteiger partial charge in [0.2, 0.25) is 0 Å². The normalized spacial score (nSPS) is 12.6. The highest BCUT2D eigenvalue weighted by molar-refractivity contribution is 5.76. The molecule has 0 spiro atoms. The number of quaternary nitrogens is 1. The Morgan fingerprint density at radius 3 is 2.50 bits per heavy atom. The number of likely N-dealkylation sites (N-methyl/N-ethyl adjacent to an activating group) is 1. The number of para-hydroxylation sites is 1. The molecule has 0 aromatic heterocycles. The van der Waals surface area contributed by atoms with Gasteiger partial charge in [0.05, 0.1) is 26.8 Å². The molecule has 0 heterocycles. The number of carbonyl (C=O) groups is 1. The Labute approximate surface area is 127 Å². The molecule has 1 aromatic rings. The van der Waals surface area contributed by atoms with Crippen LogP contribution < -0.4 is 19.7 Å². The highest BCUT2D eigenvalue weighted by Gasteiger charge is 2.28. The fraction of sp³-hybridized carbons (Fsp3) is 0.500. The molecule has 8 heteroatoms. The van der Waals surface area contributed by atoms with Gasteiger partial charge in [0.1, 0.15) is 13.1 Å². The fourth-order valence-electron chi connectivity index (χ4n) is 2.02. The fourth-order valence-corrected chi connectivity index (χ4v) is 2.02. The number of amides is 1. The van der Waals surface area contributed by atoms with Crippen LogP contribution in [0.3, 0.4) is 0 Å². The van der Waals surface area contributed by atoms with E-state index in [4.69, 9.17) is 9.47 Å². The number of methoxy groups -OCH3 is 2. The van der Waals surface area contributed by atoms with Crippen molar-refractivity contribution < 1.29 is 32.3 Å². The molecule has 0 aliphatic rings. The molecule has 0 saturated heterocycles. The summed E-state index contributed by atoms with van der Waals surface area (Å²) < 4.78 is 46.5. The van der Waals surface area contributed by atoms with Crippen molar-refractivity contribution in [1.82, 2.24) is 5.32 Å². The van der Waals surface area contributed by atoms with E-state index in [0.29, 0.717) is 18.0 Å². The second kappa shape index (κ2) is 7.88. The number of carbonyl (C=O) groups excluding carboxylic acids is 1. The van der Waals surface area contributed by atoms with E-state index in [1.807, 2.05) is 11.4 Å². The number of halogens is 3. The number of hydrogen-bond acceptors (Lipinski definition) is 3. The summed E-state index contributed by atoms with van der Waals surface area (Å²) >= 11 is 0. The molecule has 1 aromatic carbocycles. The zero-order valence-electron chi connectivity index (χ0n) is 12.7. The van der Waals surface area contributed by atoms with Gasteiger partial charge in [0, 0.05) is 0 Å². The Balaban J connectivity index is 2.62. The van der Waals surface area contributed by atoms with E-state index in [1.165, 1.54) is 14.2 Å². The number of benzene rings is 1. The van der Waals surface area contributed by atoms with Crippen LogP contribution in [0.2, 0.25) is 0 Å². The van der Waals surface area contributed by atoms with Crippen LogP contribution in [-0.2, 0) is 11.3 Å². The number of rotatable bonds is 7. The van der Waals surface area contributed by atoms with Gasteiger partial charge in [-0.2, -0.15) is 13.2 Å². The molecule has 5 nitrogen and oxygen atoms in total. The van der Waals surface area contributed by atoms with Crippen LogP contribution in [0.25, 0.3) is 0 Å². The van der Waals surface area contributed by atoms with Gasteiger partial charge in [-0.15, -0.1) is 0 Å². The van der Waals surface area contributed by atoms with E-state index in [9.17, 15) is 18.0 Å². The minimum Gasteiger partial charge on any atom is -0.493 e. The van der Waals surface area contributed by atoms with E-state index in [-0.39, 0.29) is 6.54 Å². The lowest BCUT2D eigenvalue weighted by Gasteiger charge is -2.17. The average molecular weight is 321 g/mol. The molecular formula is C14H20F3N2O3+. The largest absolute Gasteiger partial charge is 0.493 e. The van der Waals surface area contributed by atoms with Gasteiger partial charge in [-0.3, -0.25) is 4.79 Å². The van der Waals surface area contributed by atoms with Gasteiger partial charge < -0.3 is 19.7 Å². The predicted molar refractivity (Wildman–Crippen MR) is 74.1 cm³/mol. The second-order valence-corrected chi connectivity index (χ2v) is 4.86. The molecule has 1 rings (SSSR count). The van der Waals surface area contributed by atoms with E-state index >= 15 is 0 Å². The summed E-state index contributed by atoms with van der Waals surface area (Å²) in [6, 6.07) is 5.35. The molecule has 124 valence electrons. The molecule has 1 atom stereocenters. The maximum absolute atomic E-state index is 12.0. The van der Waals surface area contributed by atoms with Gasteiger partial charge in [-0.05, 0) is 12.1 Å². The molecular weight excluding hydrogens is 301 g/mol. The van der Waals surface area contributed by atoms with Crippen molar-refractivity contribution in [3.63, 3.8) is 0 Å². The third-order valence-electron chi connectivity index (χ3n) is 2.93. The van der Waals surface area contributed by atoms with Crippen LogP contribution >= 0.6 is 0 Å². The Kier molecular flexibility index (Phi) is 6.48. The zero-order valence-corrected chi connectivity index (χ0v) is 12.7. The Bertz CT molecular complexity index is 507. The standard InChI is InChI=1S/C14H19F3N2O3/c1-19(8-12(20)18-9-14(15,16)17)7-10-5-4-6-11(21-2)13(10)22-3/h4-6H,7-9H2,1-3H3,(H,18,20)/p+1. The Morgan fingerprint density at radius 1 is 1.27 bits per heavy atom. The predicted octanol–water partition coefficient (Wildman–Crippen LogP) is 0.397. The molecule has 22 heavy (non-hydrogen) atoms. The molecule has 0 radical (unpaired) electrons. The molecule has 0 bridgehead atoms. The van der Waals surface area contributed by atoms with Crippen molar-refractivity contribution in [3.8, 4) is 11.5 Å². The van der Waals surface area contributed by atoms with Gasteiger partial charge in [-0.25, -0.2) is 0 Å². The van der Waals surface area contributed by atoms with Gasteiger partial charge in [-0.1, -0.05) is 6.07 Å². The Morgan fingerprint density at radius 2 is 1.95 bits per heavy atom. The topological polar surface area (TPSA) is 52.0 Å². The lowest BCUT2D eigenvalue weighted by Crippen LogP contribution is -3.08. The molecule has 0 aliphatic heterocycles. The molecule has 0 aliphatic carbocycles. The van der Waals surface area contributed by atoms with Crippen LogP contribution in [0.5, 0.6) is 11.5 Å². The van der Waals surface area contributed by atoms with Gasteiger partial charge in [0.25, 0.3) is 5.91 Å². The van der Waals surface area contributed by atoms with Gasteiger partial charge >= 0.3 is 6.18 Å². The third-order valence-corrected chi connectivity index (χ3v) is 2.93. The molecule has 0 saturated carbocycles. The van der Waals surface area contributed by atoms with Crippen LogP contribution in [0.1, 0.15) is 5.56 Å². The van der Waals surface area contributed by atoms with Crippen molar-refractivity contribution >= 4 is 5.91 Å². The van der Waals surface area contributed by atoms with E-state index < -0.39 is 18.6 Å². The lowest BCUT2D eigenvalue weighted by atomic mass is 10.1. The number of ether oxygens (including phenoxy) is 2. The first kappa shape index (κ1) is 18.1. The van der Waals surface area contributed by atoms with Crippen LogP contribution in [0.15, 0.2) is 18.2 Å². The summed E-state index contributed by atoms with van der Waals surface area (Å²) in [5, 5.41) is 1.85. The maximum Gasteiger partial charge on any atom is 0.405 e. The number of alkyl halides is 3. The summed E-state index contributed by atoms with van der Waals surface area (Å²) in [5.74, 6) is 0.464. The summed E-state index contributed by atoms with van der Waals surface area (Å²) in [6.07, 6.45) is -4.40. The van der Waals surface area contributed by atoms with Crippen LogP contribution in [0, 0.1) is 0 Å². The lowest BCUT2D eigenvalue weighted by molar-refractivity contribution is -0.885. The second-order valence-electron chi connectivity index (χ2n) is 4.86. The van der Waals surface area contributed by atoms with Gasteiger partial charge in [0.15, 0.2) is 18.0 Å². The highest BCUT2D eigenvalue weighted by atomic mass is 19.4. The smallest absolute Gasteiger partial charge is 0.405 e. The average Bonchev–Trinajstić information content (AvgIpc) is 2.44. The van der Waals surface area contributed by atoms with E-state index in [2.05, 4.69) is 0 Å². The number of nitrogens with one attached hydrogen (secondary N) is 2. The Hall–Kier alpha value is -1.96. The SMILES string of the molecule is COc1cccc(C[NH+](C)CC(=O)NCC(F)(F)F)c1OC. The summed E-state index contributed by atoms with van der Waals surface area (Å²) in [5.41, 5.74) is 0.808. The van der Waals surface area contributed by atoms with Crippen molar-refractivity contribution in [3.05, 3.63) is 23.8 Å². The van der Waals surface area contributed by atoms with Crippen molar-refractivity contribution in [2.24, 2.45) is 0 Å². The monoisotopic (exact) mass is 321 g/mol. The maximum atomic E-state index is 12.0. The molecule has 1 unspecified atom stereocenters. The van der Waals surface area contributed by atoms with Crippen molar-refractivity contribution in [2.45, 2.75) is 12.7 Å². The minimum absolute atomic E-state index is 0.0730. The first-order valence-corrected chi connectivity index (χ1v) is 6.61. The summed E-state index contributed by atoms with van der Waals surface area (Å²) in [4.78, 5) is 12.2. The van der Waals surface area contributed by atoms with Crippen molar-refractivity contribution in [2.75, 3.05) is 34.4 Å². The van der Waals surface area contributed by atoms with E-state index in [0.717, 1.165) is 10.5 Å². The van der Waals surface area contributed by atoms with Crippen LogP contribution in [0.4, 0.5) is 13.2 Å². The van der Waals surface area contributed by atoms with Crippen LogP contribution in [-0.4, -0.2) is 46.4 Å². The highest BCUT2D eigenvalue weighted by Crippen LogP contribution is 2.29. The number of hydrogen-bond donors (Lipinski definition) is 2. The molecule has 1 amide bonds. The summed E-state index contributed by atoms with van der Waals surface area (Å²) in [7, 11) is 4.74. The molecule has 0 fully saturated rings. The van der Waals surface area contributed by atoms with Crippen molar-refractivity contribution in [1.29, 1.82) is 0 Å². The van der Waals surface area contributed by atoms with E-state index in [1.54, 1.807) is 19.2 Å².